The van der Waals surface area contributed by atoms with Crippen molar-refractivity contribution in [1.29, 1.82) is 0 Å². The summed E-state index contributed by atoms with van der Waals surface area (Å²) >= 11 is 1.75. The lowest BCUT2D eigenvalue weighted by atomic mass is 9.79. The summed E-state index contributed by atoms with van der Waals surface area (Å²) < 4.78 is 1.13. The minimum Gasteiger partial charge on any atom is -0.359 e. The number of rotatable bonds is 5. The van der Waals surface area contributed by atoms with E-state index in [1.54, 1.807) is 11.3 Å². The highest BCUT2D eigenvalue weighted by Crippen LogP contribution is 2.35. The largest absolute Gasteiger partial charge is 0.359 e. The van der Waals surface area contributed by atoms with Gasteiger partial charge >= 0.3 is 0 Å². The van der Waals surface area contributed by atoms with Crippen molar-refractivity contribution >= 4 is 32.3 Å². The van der Waals surface area contributed by atoms with E-state index in [0.29, 0.717) is 29.7 Å². The summed E-state index contributed by atoms with van der Waals surface area (Å²) in [7, 11) is 0. The van der Waals surface area contributed by atoms with Crippen molar-refractivity contribution in [3.8, 4) is 0 Å². The number of anilines is 1. The van der Waals surface area contributed by atoms with Crippen molar-refractivity contribution < 1.29 is 4.79 Å². The zero-order chi connectivity index (χ0) is 20.0. The fraction of sp³-hybridized carbons (Fsp3) is 0.636. The standard InChI is InChI=1S/C22H32N4OS/c1-13(2)26(14(3)4)20-10-17-12-23-18(11-19(17)28-20)22(27)24-21-15(5)25-8-6-16(21)7-9-25/h10-16,21H,6-9H2,1-5H3,(H,24,27)/t15-,21-/m0/s1. The van der Waals surface area contributed by atoms with Gasteiger partial charge in [-0.2, -0.15) is 0 Å². The Hall–Kier alpha value is -1.66. The number of amides is 1. The number of carbonyl (C=O) groups is 1. The molecule has 2 aromatic rings. The maximum absolute atomic E-state index is 12.9. The van der Waals surface area contributed by atoms with Gasteiger partial charge in [-0.05, 0) is 78.6 Å². The third kappa shape index (κ3) is 3.52. The number of pyridine rings is 1. The molecular weight excluding hydrogens is 368 g/mol. The molecule has 28 heavy (non-hydrogen) atoms. The minimum absolute atomic E-state index is 0.0352. The lowest BCUT2D eigenvalue weighted by molar-refractivity contribution is 0.0216. The molecule has 5 nitrogen and oxygen atoms in total. The fourth-order valence-electron chi connectivity index (χ4n) is 5.05. The van der Waals surface area contributed by atoms with E-state index >= 15 is 0 Å². The van der Waals surface area contributed by atoms with E-state index in [1.807, 2.05) is 12.3 Å². The summed E-state index contributed by atoms with van der Waals surface area (Å²) in [5.41, 5.74) is 0.533. The van der Waals surface area contributed by atoms with Gasteiger partial charge < -0.3 is 10.2 Å². The molecular formula is C22H32N4OS. The summed E-state index contributed by atoms with van der Waals surface area (Å²) in [4.78, 5) is 22.3. The Morgan fingerprint density at radius 1 is 1.21 bits per heavy atom. The highest BCUT2D eigenvalue weighted by molar-refractivity contribution is 7.22. The summed E-state index contributed by atoms with van der Waals surface area (Å²) in [6.07, 6.45) is 4.23. The average Bonchev–Trinajstić information content (AvgIpc) is 3.06. The van der Waals surface area contributed by atoms with Crippen LogP contribution in [0.3, 0.4) is 0 Å². The molecule has 0 aliphatic carbocycles. The van der Waals surface area contributed by atoms with Gasteiger partial charge in [-0.1, -0.05) is 0 Å². The van der Waals surface area contributed by atoms with Crippen LogP contribution in [-0.4, -0.2) is 53.0 Å². The third-order valence-corrected chi connectivity index (χ3v) is 7.58. The molecule has 152 valence electrons. The molecule has 0 radical (unpaired) electrons. The number of fused-ring (bicyclic) bond motifs is 4. The van der Waals surface area contributed by atoms with E-state index in [0.717, 1.165) is 10.1 Å². The maximum Gasteiger partial charge on any atom is 0.270 e. The fourth-order valence-corrected chi connectivity index (χ4v) is 6.38. The highest BCUT2D eigenvalue weighted by Gasteiger charge is 2.40. The Bertz CT molecular complexity index is 843. The predicted molar refractivity (Wildman–Crippen MR) is 117 cm³/mol. The minimum atomic E-state index is -0.0352. The maximum atomic E-state index is 12.9. The molecule has 6 heteroatoms. The summed E-state index contributed by atoms with van der Waals surface area (Å²) in [6.45, 7) is 13.5. The molecule has 0 unspecified atom stereocenters. The monoisotopic (exact) mass is 400 g/mol. The first-order valence-corrected chi connectivity index (χ1v) is 11.4. The Labute approximate surface area is 172 Å². The molecule has 2 aromatic heterocycles. The Kier molecular flexibility index (Phi) is 5.36. The Balaban J connectivity index is 1.55. The normalized spacial score (nSPS) is 27.0. The van der Waals surface area contributed by atoms with Crippen LogP contribution in [0.4, 0.5) is 5.00 Å². The SMILES string of the molecule is CC(C)N(c1cc2cnc(C(=O)N[C@@H]3C4CCN(CC4)[C@H]3C)cc2s1)C(C)C. The van der Waals surface area contributed by atoms with E-state index in [2.05, 4.69) is 60.8 Å². The van der Waals surface area contributed by atoms with Crippen LogP contribution in [0, 0.1) is 5.92 Å². The van der Waals surface area contributed by atoms with Gasteiger partial charge in [-0.3, -0.25) is 14.7 Å². The molecule has 3 saturated heterocycles. The zero-order valence-electron chi connectivity index (χ0n) is 17.6. The van der Waals surface area contributed by atoms with Crippen LogP contribution < -0.4 is 10.2 Å². The highest BCUT2D eigenvalue weighted by atomic mass is 32.1. The van der Waals surface area contributed by atoms with Crippen LogP contribution >= 0.6 is 11.3 Å². The molecule has 2 bridgehead atoms. The van der Waals surface area contributed by atoms with Gasteiger partial charge in [0.2, 0.25) is 0 Å². The number of thiophene rings is 1. The van der Waals surface area contributed by atoms with E-state index in [-0.39, 0.29) is 11.9 Å². The quantitative estimate of drug-likeness (QED) is 0.820. The second-order valence-electron chi connectivity index (χ2n) is 8.90. The summed E-state index contributed by atoms with van der Waals surface area (Å²) in [5, 5.41) is 5.65. The lowest BCUT2D eigenvalue weighted by Gasteiger charge is -2.49. The van der Waals surface area contributed by atoms with Gasteiger partial charge in [0.25, 0.3) is 5.91 Å². The number of aromatic nitrogens is 1. The van der Waals surface area contributed by atoms with Gasteiger partial charge in [0, 0.05) is 40.5 Å². The molecule has 3 aliphatic heterocycles. The van der Waals surface area contributed by atoms with Crippen molar-refractivity contribution in [3.05, 3.63) is 24.0 Å². The molecule has 5 heterocycles. The van der Waals surface area contributed by atoms with E-state index < -0.39 is 0 Å². The van der Waals surface area contributed by atoms with Crippen molar-refractivity contribution in [2.75, 3.05) is 18.0 Å². The van der Waals surface area contributed by atoms with Crippen LogP contribution in [0.15, 0.2) is 18.3 Å². The third-order valence-electron chi connectivity index (χ3n) is 6.46. The van der Waals surface area contributed by atoms with Gasteiger partial charge in [-0.25, -0.2) is 0 Å². The summed E-state index contributed by atoms with van der Waals surface area (Å²) in [5.74, 6) is 0.568. The van der Waals surface area contributed by atoms with Crippen LogP contribution in [0.5, 0.6) is 0 Å². The molecule has 0 saturated carbocycles. The van der Waals surface area contributed by atoms with E-state index in [4.69, 9.17) is 0 Å². The van der Waals surface area contributed by atoms with Crippen LogP contribution in [0.1, 0.15) is 57.9 Å². The number of nitrogens with zero attached hydrogens (tertiary/aromatic N) is 3. The van der Waals surface area contributed by atoms with Crippen molar-refractivity contribution in [1.82, 2.24) is 15.2 Å². The van der Waals surface area contributed by atoms with Gasteiger partial charge in [0.05, 0.1) is 5.00 Å². The first kappa shape index (κ1) is 19.6. The number of piperidine rings is 3. The van der Waals surface area contributed by atoms with Crippen molar-refractivity contribution in [3.63, 3.8) is 0 Å². The number of carbonyl (C=O) groups excluding carboxylic acids is 1. The second-order valence-corrected chi connectivity index (χ2v) is 9.96. The first-order valence-electron chi connectivity index (χ1n) is 10.6. The number of hydrogen-bond acceptors (Lipinski definition) is 5. The molecule has 3 aliphatic rings. The average molecular weight is 401 g/mol. The number of nitrogens with one attached hydrogen (secondary N) is 1. The molecule has 1 amide bonds. The van der Waals surface area contributed by atoms with Gasteiger partial charge in [0.15, 0.2) is 0 Å². The van der Waals surface area contributed by atoms with Crippen LogP contribution in [0.25, 0.3) is 10.1 Å². The molecule has 0 spiro atoms. The molecule has 5 rings (SSSR count). The Morgan fingerprint density at radius 2 is 1.89 bits per heavy atom. The molecule has 0 aromatic carbocycles. The zero-order valence-corrected chi connectivity index (χ0v) is 18.4. The van der Waals surface area contributed by atoms with Crippen LogP contribution in [-0.2, 0) is 0 Å². The van der Waals surface area contributed by atoms with Gasteiger partial charge in [-0.15, -0.1) is 11.3 Å². The number of hydrogen-bond donors (Lipinski definition) is 1. The molecule has 2 atom stereocenters. The Morgan fingerprint density at radius 3 is 2.50 bits per heavy atom. The first-order chi connectivity index (χ1) is 13.3. The lowest BCUT2D eigenvalue weighted by Crippen LogP contribution is -2.62. The topological polar surface area (TPSA) is 48.5 Å². The molecule has 1 N–H and O–H groups in total. The van der Waals surface area contributed by atoms with Crippen LogP contribution in [0.2, 0.25) is 0 Å². The van der Waals surface area contributed by atoms with Gasteiger partial charge in [0.1, 0.15) is 5.69 Å². The summed E-state index contributed by atoms with van der Waals surface area (Å²) in [6, 6.07) is 5.68. The van der Waals surface area contributed by atoms with Crippen molar-refractivity contribution in [2.24, 2.45) is 5.92 Å². The van der Waals surface area contributed by atoms with Crippen molar-refractivity contribution in [2.45, 2.75) is 71.6 Å². The second kappa shape index (κ2) is 7.64. The van der Waals surface area contributed by atoms with E-state index in [9.17, 15) is 4.79 Å². The molecule has 3 fully saturated rings. The smallest absolute Gasteiger partial charge is 0.270 e. The van der Waals surface area contributed by atoms with E-state index in [1.165, 1.54) is 30.9 Å². The predicted octanol–water partition coefficient (Wildman–Crippen LogP) is 4.13.